The van der Waals surface area contributed by atoms with Crippen LogP contribution in [0.2, 0.25) is 0 Å². The molecule has 0 saturated heterocycles. The number of anilines is 1. The molecule has 2 heterocycles. The van der Waals surface area contributed by atoms with Crippen LogP contribution in [0.4, 0.5) is 5.69 Å². The lowest BCUT2D eigenvalue weighted by atomic mass is 10.0. The lowest BCUT2D eigenvalue weighted by molar-refractivity contribution is 0.341. The summed E-state index contributed by atoms with van der Waals surface area (Å²) in [5, 5.41) is 4.83. The summed E-state index contributed by atoms with van der Waals surface area (Å²) in [4.78, 5) is 18.1. The van der Waals surface area contributed by atoms with Crippen molar-refractivity contribution in [1.82, 2.24) is 19.5 Å². The zero-order valence-corrected chi connectivity index (χ0v) is 25.0. The molecule has 11 heteroatoms. The predicted octanol–water partition coefficient (Wildman–Crippen LogP) is 4.93. The van der Waals surface area contributed by atoms with Crippen molar-refractivity contribution in [3.63, 3.8) is 0 Å². The number of fused-ring (bicyclic) bond motifs is 1. The van der Waals surface area contributed by atoms with Crippen molar-refractivity contribution in [3.8, 4) is 22.9 Å². The van der Waals surface area contributed by atoms with Gasteiger partial charge in [0.05, 0.1) is 24.2 Å². The van der Waals surface area contributed by atoms with E-state index in [1.807, 2.05) is 38.9 Å². The van der Waals surface area contributed by atoms with E-state index >= 15 is 0 Å². The zero-order chi connectivity index (χ0) is 29.3. The van der Waals surface area contributed by atoms with E-state index in [-0.39, 0.29) is 16.3 Å². The van der Waals surface area contributed by atoms with E-state index < -0.39 is 10.0 Å². The molecule has 4 aromatic rings. The van der Waals surface area contributed by atoms with Crippen molar-refractivity contribution in [2.24, 2.45) is 0 Å². The van der Waals surface area contributed by atoms with E-state index in [1.165, 1.54) is 12.1 Å². The fourth-order valence-electron chi connectivity index (χ4n) is 5.62. The summed E-state index contributed by atoms with van der Waals surface area (Å²) in [5.74, 6) is 1.68. The van der Waals surface area contributed by atoms with Gasteiger partial charge >= 0.3 is 0 Å². The van der Waals surface area contributed by atoms with Gasteiger partial charge in [0.2, 0.25) is 0 Å². The highest BCUT2D eigenvalue weighted by Gasteiger charge is 2.25. The van der Waals surface area contributed by atoms with Crippen molar-refractivity contribution in [3.05, 3.63) is 69.6 Å². The summed E-state index contributed by atoms with van der Waals surface area (Å²) in [6, 6.07) is 11.8. The number of methoxy groups -OCH3 is 1. The number of hydrogen-bond acceptors (Lipinski definition) is 7. The molecule has 0 spiro atoms. The highest BCUT2D eigenvalue weighted by atomic mass is 32.2. The largest absolute Gasteiger partial charge is 0.496 e. The van der Waals surface area contributed by atoms with E-state index in [0.717, 1.165) is 42.5 Å². The molecule has 1 aliphatic carbocycles. The smallest absolute Gasteiger partial charge is 0.275 e. The van der Waals surface area contributed by atoms with Gasteiger partial charge in [-0.3, -0.25) is 9.52 Å². The second-order valence-corrected chi connectivity index (χ2v) is 12.4. The molecule has 2 aromatic heterocycles. The van der Waals surface area contributed by atoms with Crippen LogP contribution in [0.3, 0.4) is 0 Å². The van der Waals surface area contributed by atoms with Gasteiger partial charge in [0.15, 0.2) is 5.82 Å². The van der Waals surface area contributed by atoms with Crippen LogP contribution in [0.1, 0.15) is 55.3 Å². The summed E-state index contributed by atoms with van der Waals surface area (Å²) in [7, 11) is 1.45. The maximum Gasteiger partial charge on any atom is 0.275 e. The van der Waals surface area contributed by atoms with Crippen LogP contribution in [-0.2, 0) is 16.6 Å². The molecule has 0 aliphatic heterocycles. The topological polar surface area (TPSA) is 118 Å². The Kier molecular flexibility index (Phi) is 8.10. The molecule has 0 atom stereocenters. The first-order chi connectivity index (χ1) is 19.6. The number of nitrogens with zero attached hydrogens (tertiary/aromatic N) is 3. The van der Waals surface area contributed by atoms with Crippen molar-refractivity contribution >= 4 is 21.2 Å². The Labute approximate surface area is 240 Å². The summed E-state index contributed by atoms with van der Waals surface area (Å²) in [6.07, 6.45) is 4.42. The average molecular weight is 580 g/mol. The molecule has 2 aromatic carbocycles. The van der Waals surface area contributed by atoms with E-state index in [9.17, 15) is 13.2 Å². The maximum absolute atomic E-state index is 13.6. The van der Waals surface area contributed by atoms with E-state index in [2.05, 4.69) is 9.71 Å². The van der Waals surface area contributed by atoms with E-state index in [4.69, 9.17) is 14.6 Å². The molecule has 218 valence electrons. The molecule has 0 amide bonds. The van der Waals surface area contributed by atoms with Crippen LogP contribution in [0.15, 0.2) is 52.2 Å². The van der Waals surface area contributed by atoms with Crippen LogP contribution in [-0.4, -0.2) is 55.7 Å². The number of nitrogens with one attached hydrogen (secondary N) is 2. The van der Waals surface area contributed by atoms with Gasteiger partial charge in [-0.2, -0.15) is 0 Å². The standard InChI is InChI=1S/C30H37N5O5S/c1-6-40-27-14-12-23(41(37,38)33-22-11-13-26(39-5)21(16-22)18-34(3)4)17-24(27)29-31-30(36)28-19(2)15-25(35(28)32-29)20-9-7-8-10-20/h11-17,20,33H,6-10,18H2,1-5H3,(H,31,32,36). The molecule has 0 radical (unpaired) electrons. The third kappa shape index (κ3) is 5.82. The quantitative estimate of drug-likeness (QED) is 0.274. The van der Waals surface area contributed by atoms with Gasteiger partial charge in [-0.05, 0) is 88.8 Å². The van der Waals surface area contributed by atoms with Gasteiger partial charge in [-0.25, -0.2) is 12.9 Å². The second-order valence-electron chi connectivity index (χ2n) is 10.8. The van der Waals surface area contributed by atoms with E-state index in [1.54, 1.807) is 35.9 Å². The minimum atomic E-state index is -4.00. The molecule has 2 N–H and O–H groups in total. The number of H-pyrrole nitrogens is 1. The van der Waals surface area contributed by atoms with Crippen molar-refractivity contribution < 1.29 is 17.9 Å². The van der Waals surface area contributed by atoms with Crippen LogP contribution in [0.5, 0.6) is 11.5 Å². The monoisotopic (exact) mass is 579 g/mol. The Morgan fingerprint density at radius 2 is 1.83 bits per heavy atom. The lowest BCUT2D eigenvalue weighted by Crippen LogP contribution is -2.17. The van der Waals surface area contributed by atoms with Crippen LogP contribution in [0.25, 0.3) is 16.9 Å². The van der Waals surface area contributed by atoms with Crippen LogP contribution < -0.4 is 19.8 Å². The molecule has 1 aliphatic rings. The first kappa shape index (κ1) is 28.7. The molecule has 10 nitrogen and oxygen atoms in total. The summed E-state index contributed by atoms with van der Waals surface area (Å²) >= 11 is 0. The first-order valence-corrected chi connectivity index (χ1v) is 15.3. The van der Waals surface area contributed by atoms with Crippen molar-refractivity contribution in [2.75, 3.05) is 32.5 Å². The number of benzene rings is 2. The maximum atomic E-state index is 13.6. The third-order valence-corrected chi connectivity index (χ3v) is 8.83. The minimum absolute atomic E-state index is 0.0170. The van der Waals surface area contributed by atoms with E-state index in [0.29, 0.717) is 47.3 Å². The molecule has 1 fully saturated rings. The fourth-order valence-corrected chi connectivity index (χ4v) is 6.69. The zero-order valence-electron chi connectivity index (χ0n) is 24.2. The van der Waals surface area contributed by atoms with Crippen molar-refractivity contribution in [1.29, 1.82) is 0 Å². The normalized spacial score (nSPS) is 14.2. The summed E-state index contributed by atoms with van der Waals surface area (Å²) in [5.41, 5.74) is 3.75. The van der Waals surface area contributed by atoms with Crippen molar-refractivity contribution in [2.45, 2.75) is 56.9 Å². The highest BCUT2D eigenvalue weighted by Crippen LogP contribution is 2.36. The molecule has 0 unspecified atom stereocenters. The Morgan fingerprint density at radius 1 is 1.10 bits per heavy atom. The number of sulfonamides is 1. The number of hydrogen-bond donors (Lipinski definition) is 2. The van der Waals surface area contributed by atoms with Crippen LogP contribution in [0, 0.1) is 6.92 Å². The van der Waals surface area contributed by atoms with Crippen LogP contribution >= 0.6 is 0 Å². The Morgan fingerprint density at radius 3 is 2.51 bits per heavy atom. The fraction of sp³-hybridized carbons (Fsp3) is 0.400. The number of rotatable bonds is 10. The third-order valence-electron chi connectivity index (χ3n) is 7.45. The number of aryl methyl sites for hydroxylation is 1. The number of aromatic amines is 1. The predicted molar refractivity (Wildman–Crippen MR) is 160 cm³/mol. The van der Waals surface area contributed by atoms with Gasteiger partial charge in [0.1, 0.15) is 17.0 Å². The second kappa shape index (κ2) is 11.6. The first-order valence-electron chi connectivity index (χ1n) is 13.9. The lowest BCUT2D eigenvalue weighted by Gasteiger charge is -2.16. The van der Waals surface area contributed by atoms with Gasteiger partial charge in [0.25, 0.3) is 15.6 Å². The summed E-state index contributed by atoms with van der Waals surface area (Å²) < 4.78 is 42.8. The average Bonchev–Trinajstić information content (AvgIpc) is 3.57. The van der Waals surface area contributed by atoms with Gasteiger partial charge in [-0.1, -0.05) is 12.8 Å². The number of aromatic nitrogens is 3. The van der Waals surface area contributed by atoms with Gasteiger partial charge in [0, 0.05) is 29.4 Å². The number of ether oxygens (including phenoxy) is 2. The molecule has 5 rings (SSSR count). The van der Waals surface area contributed by atoms with Gasteiger partial charge < -0.3 is 19.4 Å². The Hall–Kier alpha value is -3.83. The molecule has 0 bridgehead atoms. The Bertz CT molecular complexity index is 1740. The molecular weight excluding hydrogens is 542 g/mol. The molecule has 41 heavy (non-hydrogen) atoms. The Balaban J connectivity index is 1.57. The highest BCUT2D eigenvalue weighted by molar-refractivity contribution is 7.92. The molecule has 1 saturated carbocycles. The summed E-state index contributed by atoms with van der Waals surface area (Å²) in [6.45, 7) is 4.70. The van der Waals surface area contributed by atoms with Gasteiger partial charge in [-0.15, -0.1) is 5.10 Å². The minimum Gasteiger partial charge on any atom is -0.496 e. The SMILES string of the molecule is CCOc1ccc(S(=O)(=O)Nc2ccc(OC)c(CN(C)C)c2)cc1-c1nn2c(C3CCCC3)cc(C)c2c(=O)[nH]1. The molecular formula is C30H37N5O5S.